The van der Waals surface area contributed by atoms with Crippen molar-refractivity contribution in [1.29, 1.82) is 0 Å². The van der Waals surface area contributed by atoms with Crippen LogP contribution in [0.5, 0.6) is 5.75 Å². The van der Waals surface area contributed by atoms with Crippen LogP contribution in [-0.2, 0) is 0 Å². The van der Waals surface area contributed by atoms with Gasteiger partial charge in [0.2, 0.25) is 0 Å². The van der Waals surface area contributed by atoms with Crippen molar-refractivity contribution in [1.82, 2.24) is 19.7 Å². The van der Waals surface area contributed by atoms with E-state index in [0.717, 1.165) is 43.9 Å². The maximum Gasteiger partial charge on any atom is 0.164 e. The Labute approximate surface area is 153 Å². The summed E-state index contributed by atoms with van der Waals surface area (Å²) in [6.45, 7) is 2.02. The summed E-state index contributed by atoms with van der Waals surface area (Å²) in [7, 11) is 1.64. The third kappa shape index (κ3) is 2.78. The summed E-state index contributed by atoms with van der Waals surface area (Å²) in [5.41, 5.74) is 3.80. The summed E-state index contributed by atoms with van der Waals surface area (Å²) in [6.07, 6.45) is 1.55. The molecule has 0 aliphatic carbocycles. The highest BCUT2D eigenvalue weighted by atomic mass is 79.9. The quantitative estimate of drug-likeness (QED) is 0.510. The molecule has 0 amide bonds. The summed E-state index contributed by atoms with van der Waals surface area (Å²) < 4.78 is 8.06. The monoisotopic (exact) mass is 394 g/mol. The summed E-state index contributed by atoms with van der Waals surface area (Å²) in [4.78, 5) is 8.83. The lowest BCUT2D eigenvalue weighted by molar-refractivity contribution is 0.412. The number of rotatable bonds is 3. The first-order valence-electron chi connectivity index (χ1n) is 7.78. The molecule has 2 aromatic heterocycles. The number of hydrogen-bond donors (Lipinski definition) is 0. The molecule has 0 aliphatic heterocycles. The van der Waals surface area contributed by atoms with Crippen LogP contribution >= 0.6 is 15.9 Å². The number of nitrogens with zero attached hydrogens (tertiary/aromatic N) is 4. The molecule has 0 radical (unpaired) electrons. The molecule has 0 aliphatic rings. The molecule has 0 saturated carbocycles. The Morgan fingerprint density at radius 1 is 1.04 bits per heavy atom. The van der Waals surface area contributed by atoms with E-state index in [4.69, 9.17) is 9.84 Å². The number of aromatic nitrogens is 4. The van der Waals surface area contributed by atoms with Gasteiger partial charge in [-0.05, 0) is 35.0 Å². The van der Waals surface area contributed by atoms with E-state index in [2.05, 4.69) is 32.0 Å². The molecule has 5 nitrogen and oxygen atoms in total. The average molecular weight is 395 g/mol. The third-order valence-corrected chi connectivity index (χ3v) is 4.67. The summed E-state index contributed by atoms with van der Waals surface area (Å²) in [5.74, 6) is 1.48. The Bertz CT molecular complexity index is 1060. The average Bonchev–Trinajstić information content (AvgIpc) is 3.03. The lowest BCUT2D eigenvalue weighted by atomic mass is 10.1. The Balaban J connectivity index is 1.91. The Morgan fingerprint density at radius 3 is 2.60 bits per heavy atom. The van der Waals surface area contributed by atoms with Gasteiger partial charge in [0.15, 0.2) is 5.82 Å². The highest BCUT2D eigenvalue weighted by Crippen LogP contribution is 2.32. The van der Waals surface area contributed by atoms with Crippen LogP contribution in [0.25, 0.3) is 28.0 Å². The molecular weight excluding hydrogens is 380 g/mol. The van der Waals surface area contributed by atoms with Gasteiger partial charge in [-0.25, -0.2) is 14.6 Å². The maximum atomic E-state index is 5.35. The number of benzene rings is 2. The van der Waals surface area contributed by atoms with Crippen LogP contribution in [-0.4, -0.2) is 26.9 Å². The van der Waals surface area contributed by atoms with Gasteiger partial charge in [-0.2, -0.15) is 5.10 Å². The van der Waals surface area contributed by atoms with E-state index in [1.54, 1.807) is 13.4 Å². The minimum atomic E-state index is 0.735. The number of hydrogen-bond acceptors (Lipinski definition) is 4. The first-order chi connectivity index (χ1) is 12.2. The van der Waals surface area contributed by atoms with Gasteiger partial charge in [0.1, 0.15) is 12.1 Å². The molecule has 0 N–H and O–H groups in total. The van der Waals surface area contributed by atoms with Crippen molar-refractivity contribution in [3.63, 3.8) is 0 Å². The fourth-order valence-corrected chi connectivity index (χ4v) is 3.31. The predicted molar refractivity (Wildman–Crippen MR) is 101 cm³/mol. The lowest BCUT2D eigenvalue weighted by Crippen LogP contribution is -2.04. The number of aryl methyl sites for hydroxylation is 1. The molecule has 0 atom stereocenters. The van der Waals surface area contributed by atoms with Crippen LogP contribution in [0.1, 0.15) is 5.69 Å². The van der Waals surface area contributed by atoms with Gasteiger partial charge < -0.3 is 4.74 Å². The number of halogens is 1. The second-order valence-corrected chi connectivity index (χ2v) is 6.50. The Kier molecular flexibility index (Phi) is 3.97. The molecule has 0 fully saturated rings. The second kappa shape index (κ2) is 6.29. The molecule has 4 aromatic rings. The van der Waals surface area contributed by atoms with Crippen molar-refractivity contribution in [2.45, 2.75) is 6.92 Å². The molecule has 0 spiro atoms. The molecule has 2 heterocycles. The van der Waals surface area contributed by atoms with E-state index in [1.807, 2.05) is 54.1 Å². The van der Waals surface area contributed by atoms with Crippen LogP contribution in [0, 0.1) is 6.92 Å². The Morgan fingerprint density at radius 2 is 1.84 bits per heavy atom. The second-order valence-electron chi connectivity index (χ2n) is 5.65. The molecule has 124 valence electrons. The van der Waals surface area contributed by atoms with Crippen molar-refractivity contribution in [2.24, 2.45) is 0 Å². The zero-order valence-electron chi connectivity index (χ0n) is 13.8. The van der Waals surface area contributed by atoms with Crippen molar-refractivity contribution in [3.05, 3.63) is 65.0 Å². The zero-order chi connectivity index (χ0) is 17.4. The number of methoxy groups -OCH3 is 1. The van der Waals surface area contributed by atoms with Crippen LogP contribution in [0.3, 0.4) is 0 Å². The van der Waals surface area contributed by atoms with E-state index < -0.39 is 0 Å². The standard InChI is InChI=1S/C19H15BrN4O/c1-12-8-16(13-6-4-3-5-7-13)23-24(12)19-14-9-15(20)18(25-2)10-17(14)21-11-22-19/h3-11H,1-2H3. The smallest absolute Gasteiger partial charge is 0.164 e. The van der Waals surface area contributed by atoms with Crippen molar-refractivity contribution in [3.8, 4) is 22.8 Å². The summed E-state index contributed by atoms with van der Waals surface area (Å²) in [6, 6.07) is 16.0. The molecule has 6 heteroatoms. The van der Waals surface area contributed by atoms with Crippen LogP contribution in [0.15, 0.2) is 59.3 Å². The molecule has 2 aromatic carbocycles. The molecule has 0 saturated heterocycles. The topological polar surface area (TPSA) is 52.8 Å². The Hall–Kier alpha value is -2.73. The van der Waals surface area contributed by atoms with Gasteiger partial charge in [-0.1, -0.05) is 30.3 Å². The zero-order valence-corrected chi connectivity index (χ0v) is 15.4. The highest BCUT2D eigenvalue weighted by Gasteiger charge is 2.14. The van der Waals surface area contributed by atoms with E-state index >= 15 is 0 Å². The molecule has 25 heavy (non-hydrogen) atoms. The fraction of sp³-hybridized carbons (Fsp3) is 0.105. The largest absolute Gasteiger partial charge is 0.495 e. The van der Waals surface area contributed by atoms with Crippen LogP contribution in [0.4, 0.5) is 0 Å². The van der Waals surface area contributed by atoms with E-state index in [0.29, 0.717) is 0 Å². The van der Waals surface area contributed by atoms with Crippen molar-refractivity contribution >= 4 is 26.8 Å². The van der Waals surface area contributed by atoms with Crippen molar-refractivity contribution in [2.75, 3.05) is 7.11 Å². The van der Waals surface area contributed by atoms with Crippen LogP contribution in [0.2, 0.25) is 0 Å². The van der Waals surface area contributed by atoms with Crippen molar-refractivity contribution < 1.29 is 4.74 Å². The molecular formula is C19H15BrN4O. The van der Waals surface area contributed by atoms with E-state index in [9.17, 15) is 0 Å². The van der Waals surface area contributed by atoms with Gasteiger partial charge >= 0.3 is 0 Å². The fourth-order valence-electron chi connectivity index (χ4n) is 2.81. The van der Waals surface area contributed by atoms with Gasteiger partial charge in [-0.3, -0.25) is 0 Å². The predicted octanol–water partition coefficient (Wildman–Crippen LogP) is 4.56. The molecule has 0 bridgehead atoms. The van der Waals surface area contributed by atoms with Gasteiger partial charge in [0, 0.05) is 22.7 Å². The normalized spacial score (nSPS) is 11.0. The van der Waals surface area contributed by atoms with Crippen LogP contribution < -0.4 is 4.74 Å². The van der Waals surface area contributed by atoms with Gasteiger partial charge in [0.05, 0.1) is 22.8 Å². The summed E-state index contributed by atoms with van der Waals surface area (Å²) in [5, 5.41) is 5.66. The minimum Gasteiger partial charge on any atom is -0.495 e. The third-order valence-electron chi connectivity index (χ3n) is 4.05. The van der Waals surface area contributed by atoms with Gasteiger partial charge in [-0.15, -0.1) is 0 Å². The van der Waals surface area contributed by atoms with Gasteiger partial charge in [0.25, 0.3) is 0 Å². The number of fused-ring (bicyclic) bond motifs is 1. The SMILES string of the molecule is COc1cc2ncnc(-n3nc(-c4ccccc4)cc3C)c2cc1Br. The van der Waals surface area contributed by atoms with E-state index in [1.165, 1.54) is 0 Å². The van der Waals surface area contributed by atoms with E-state index in [-0.39, 0.29) is 0 Å². The highest BCUT2D eigenvalue weighted by molar-refractivity contribution is 9.10. The lowest BCUT2D eigenvalue weighted by Gasteiger charge is -2.09. The minimum absolute atomic E-state index is 0.735. The molecule has 4 rings (SSSR count). The maximum absolute atomic E-state index is 5.35. The molecule has 0 unspecified atom stereocenters. The summed E-state index contributed by atoms with van der Waals surface area (Å²) >= 11 is 3.53. The first kappa shape index (κ1) is 15.8. The first-order valence-corrected chi connectivity index (χ1v) is 8.57. The number of ether oxygens (including phenoxy) is 1.